The zero-order chi connectivity index (χ0) is 14.5. The lowest BCUT2D eigenvalue weighted by molar-refractivity contribution is -0.126. The molecule has 0 aromatic heterocycles. The van der Waals surface area contributed by atoms with Gasteiger partial charge < -0.3 is 20.9 Å². The molecule has 0 spiro atoms. The largest absolute Gasteiger partial charge is 0.368 e. The number of nitrogens with one attached hydrogen (secondary N) is 1. The molecule has 0 radical (unpaired) electrons. The molecular weight excluding hydrogens is 240 g/mol. The first-order valence-electron chi connectivity index (χ1n) is 7.25. The minimum atomic E-state index is -0.501. The number of hydrogen-bond donors (Lipinski definition) is 2. The van der Waals surface area contributed by atoms with Gasteiger partial charge in [-0.25, -0.2) is 0 Å². The maximum Gasteiger partial charge on any atom is 0.237 e. The Bertz CT molecular complexity index is 295. The minimum absolute atomic E-state index is 0.207. The maximum atomic E-state index is 11.7. The van der Waals surface area contributed by atoms with Crippen LogP contribution in [0, 0.1) is 0 Å². The summed E-state index contributed by atoms with van der Waals surface area (Å²) in [5.74, 6) is -0.207. The van der Waals surface area contributed by atoms with Gasteiger partial charge in [-0.05, 0) is 73.4 Å². The summed E-state index contributed by atoms with van der Waals surface area (Å²) >= 11 is 0. The van der Waals surface area contributed by atoms with Crippen LogP contribution >= 0.6 is 0 Å². The van der Waals surface area contributed by atoms with Crippen molar-refractivity contribution < 1.29 is 4.79 Å². The lowest BCUT2D eigenvalue weighted by atomic mass is 9.78. The fourth-order valence-electron chi connectivity index (χ4n) is 3.02. The SMILES string of the molecule is CNC1(C(N)=O)CCCC(N(C)CCCN(C)C)C1. The number of rotatable bonds is 7. The number of amides is 1. The van der Waals surface area contributed by atoms with Gasteiger partial charge in [-0.3, -0.25) is 4.79 Å². The van der Waals surface area contributed by atoms with E-state index in [-0.39, 0.29) is 5.91 Å². The summed E-state index contributed by atoms with van der Waals surface area (Å²) in [6.45, 7) is 2.17. The monoisotopic (exact) mass is 270 g/mol. The summed E-state index contributed by atoms with van der Waals surface area (Å²) in [5.41, 5.74) is 5.09. The molecule has 1 amide bonds. The van der Waals surface area contributed by atoms with E-state index in [4.69, 9.17) is 5.73 Å². The Morgan fingerprint density at radius 3 is 2.58 bits per heavy atom. The number of nitrogens with zero attached hydrogens (tertiary/aromatic N) is 2. The summed E-state index contributed by atoms with van der Waals surface area (Å²) in [4.78, 5) is 16.3. The number of carbonyl (C=O) groups is 1. The molecule has 5 nitrogen and oxygen atoms in total. The van der Waals surface area contributed by atoms with Crippen molar-refractivity contribution in [3.63, 3.8) is 0 Å². The molecule has 3 N–H and O–H groups in total. The van der Waals surface area contributed by atoms with E-state index in [1.165, 1.54) is 0 Å². The summed E-state index contributed by atoms with van der Waals surface area (Å²) in [6.07, 6.45) is 5.07. The van der Waals surface area contributed by atoms with E-state index in [9.17, 15) is 4.79 Å². The van der Waals surface area contributed by atoms with Gasteiger partial charge >= 0.3 is 0 Å². The molecule has 112 valence electrons. The number of likely N-dealkylation sites (N-methyl/N-ethyl adjacent to an activating group) is 1. The second kappa shape index (κ2) is 7.22. The third-order valence-corrected chi connectivity index (χ3v) is 4.41. The fraction of sp³-hybridized carbons (Fsp3) is 0.929. The summed E-state index contributed by atoms with van der Waals surface area (Å²) in [7, 11) is 8.20. The van der Waals surface area contributed by atoms with Crippen LogP contribution in [0.25, 0.3) is 0 Å². The molecule has 1 aliphatic rings. The quantitative estimate of drug-likeness (QED) is 0.696. The van der Waals surface area contributed by atoms with Gasteiger partial charge in [-0.1, -0.05) is 0 Å². The maximum absolute atomic E-state index is 11.7. The van der Waals surface area contributed by atoms with Gasteiger partial charge in [0.25, 0.3) is 0 Å². The first kappa shape index (κ1) is 16.4. The normalized spacial score (nSPS) is 28.0. The molecule has 1 aliphatic carbocycles. The third-order valence-electron chi connectivity index (χ3n) is 4.41. The van der Waals surface area contributed by atoms with Gasteiger partial charge in [-0.2, -0.15) is 0 Å². The number of hydrogen-bond acceptors (Lipinski definition) is 4. The summed E-state index contributed by atoms with van der Waals surface area (Å²) in [6, 6.07) is 0.455. The summed E-state index contributed by atoms with van der Waals surface area (Å²) in [5, 5.41) is 3.17. The number of carbonyl (C=O) groups excluding carboxylic acids is 1. The van der Waals surface area contributed by atoms with Crippen LogP contribution in [0.4, 0.5) is 0 Å². The van der Waals surface area contributed by atoms with Crippen LogP contribution in [0.1, 0.15) is 32.1 Å². The molecule has 0 aromatic carbocycles. The Labute approximate surface area is 117 Å². The van der Waals surface area contributed by atoms with Crippen LogP contribution in [0.15, 0.2) is 0 Å². The highest BCUT2D eigenvalue weighted by Crippen LogP contribution is 2.30. The van der Waals surface area contributed by atoms with Crippen molar-refractivity contribution in [3.05, 3.63) is 0 Å². The standard InChI is InChI=1S/C14H30N4O/c1-16-14(13(15)19)8-5-7-12(11-14)18(4)10-6-9-17(2)3/h12,16H,5-11H2,1-4H3,(H2,15,19). The van der Waals surface area contributed by atoms with E-state index < -0.39 is 5.54 Å². The zero-order valence-corrected chi connectivity index (χ0v) is 12.9. The van der Waals surface area contributed by atoms with Crippen molar-refractivity contribution >= 4 is 5.91 Å². The van der Waals surface area contributed by atoms with Crippen molar-refractivity contribution in [1.82, 2.24) is 15.1 Å². The van der Waals surface area contributed by atoms with Crippen molar-refractivity contribution in [2.45, 2.75) is 43.7 Å². The predicted octanol–water partition coefficient (Wildman–Crippen LogP) is 0.256. The van der Waals surface area contributed by atoms with E-state index in [1.54, 1.807) is 0 Å². The lowest BCUT2D eigenvalue weighted by Crippen LogP contribution is -2.59. The molecule has 19 heavy (non-hydrogen) atoms. The Kier molecular flexibility index (Phi) is 6.23. The van der Waals surface area contributed by atoms with Crippen LogP contribution in [0.2, 0.25) is 0 Å². The average Bonchev–Trinajstić information content (AvgIpc) is 2.38. The molecule has 0 heterocycles. The van der Waals surface area contributed by atoms with Crippen LogP contribution in [0.5, 0.6) is 0 Å². The Balaban J connectivity index is 2.51. The molecule has 0 bridgehead atoms. The molecule has 0 aromatic rings. The molecule has 5 heteroatoms. The van der Waals surface area contributed by atoms with Crippen molar-refractivity contribution in [2.24, 2.45) is 5.73 Å². The van der Waals surface area contributed by atoms with E-state index in [0.29, 0.717) is 6.04 Å². The van der Waals surface area contributed by atoms with Gasteiger partial charge in [0.05, 0.1) is 5.54 Å². The smallest absolute Gasteiger partial charge is 0.237 e. The van der Waals surface area contributed by atoms with E-state index >= 15 is 0 Å². The second-order valence-corrected chi connectivity index (χ2v) is 6.08. The van der Waals surface area contributed by atoms with E-state index in [1.807, 2.05) is 7.05 Å². The molecule has 1 fully saturated rings. The molecular formula is C14H30N4O. The highest BCUT2D eigenvalue weighted by molar-refractivity contribution is 5.84. The van der Waals surface area contributed by atoms with Crippen LogP contribution in [-0.4, -0.2) is 68.6 Å². The highest BCUT2D eigenvalue weighted by atomic mass is 16.1. The van der Waals surface area contributed by atoms with Crippen molar-refractivity contribution in [3.8, 4) is 0 Å². The molecule has 0 saturated heterocycles. The highest BCUT2D eigenvalue weighted by Gasteiger charge is 2.40. The molecule has 1 saturated carbocycles. The first-order valence-corrected chi connectivity index (χ1v) is 7.25. The fourth-order valence-corrected chi connectivity index (χ4v) is 3.02. The Morgan fingerprint density at radius 1 is 1.37 bits per heavy atom. The molecule has 2 unspecified atom stereocenters. The third kappa shape index (κ3) is 4.44. The van der Waals surface area contributed by atoms with Crippen LogP contribution in [0.3, 0.4) is 0 Å². The molecule has 0 aliphatic heterocycles. The van der Waals surface area contributed by atoms with Crippen molar-refractivity contribution in [1.29, 1.82) is 0 Å². The molecule has 1 rings (SSSR count). The average molecular weight is 270 g/mol. The summed E-state index contributed by atoms with van der Waals surface area (Å²) < 4.78 is 0. The van der Waals surface area contributed by atoms with Crippen LogP contribution in [-0.2, 0) is 4.79 Å². The van der Waals surface area contributed by atoms with Crippen molar-refractivity contribution in [2.75, 3.05) is 41.3 Å². The van der Waals surface area contributed by atoms with Gasteiger partial charge in [0.1, 0.15) is 0 Å². The zero-order valence-electron chi connectivity index (χ0n) is 12.9. The lowest BCUT2D eigenvalue weighted by Gasteiger charge is -2.42. The van der Waals surface area contributed by atoms with E-state index in [2.05, 4.69) is 36.3 Å². The van der Waals surface area contributed by atoms with Gasteiger partial charge in [0, 0.05) is 6.04 Å². The Morgan fingerprint density at radius 2 is 2.05 bits per heavy atom. The Hall–Kier alpha value is -0.650. The van der Waals surface area contributed by atoms with Gasteiger partial charge in [-0.15, -0.1) is 0 Å². The first-order chi connectivity index (χ1) is 8.91. The molecule has 2 atom stereocenters. The van der Waals surface area contributed by atoms with Crippen LogP contribution < -0.4 is 11.1 Å². The predicted molar refractivity (Wildman–Crippen MR) is 79.0 cm³/mol. The number of primary amides is 1. The second-order valence-electron chi connectivity index (χ2n) is 6.08. The minimum Gasteiger partial charge on any atom is -0.368 e. The topological polar surface area (TPSA) is 61.6 Å². The van der Waals surface area contributed by atoms with E-state index in [0.717, 1.165) is 45.2 Å². The van der Waals surface area contributed by atoms with Gasteiger partial charge in [0.2, 0.25) is 5.91 Å². The number of nitrogens with two attached hydrogens (primary N) is 1. The van der Waals surface area contributed by atoms with Gasteiger partial charge in [0.15, 0.2) is 0 Å².